The molecule has 1 N–H and O–H groups in total. The number of nitrogens with zero attached hydrogens (tertiary/aromatic N) is 1. The summed E-state index contributed by atoms with van der Waals surface area (Å²) in [5.74, 6) is 1.12. The zero-order chi connectivity index (χ0) is 15.2. The van der Waals surface area contributed by atoms with Crippen LogP contribution in [-0.4, -0.2) is 12.1 Å². The van der Waals surface area contributed by atoms with Crippen LogP contribution in [0.3, 0.4) is 0 Å². The Kier molecular flexibility index (Phi) is 5.59. The van der Waals surface area contributed by atoms with Gasteiger partial charge in [0, 0.05) is 29.9 Å². The molecule has 0 spiro atoms. The van der Waals surface area contributed by atoms with Gasteiger partial charge in [0.1, 0.15) is 0 Å². The van der Waals surface area contributed by atoms with Crippen molar-refractivity contribution in [1.29, 1.82) is 0 Å². The molecule has 0 amide bonds. The van der Waals surface area contributed by atoms with E-state index >= 15 is 0 Å². The summed E-state index contributed by atoms with van der Waals surface area (Å²) in [6, 6.07) is 12.2. The first kappa shape index (κ1) is 15.8. The molecule has 21 heavy (non-hydrogen) atoms. The maximum atomic E-state index is 5.96. The topological polar surface area (TPSA) is 34.1 Å². The summed E-state index contributed by atoms with van der Waals surface area (Å²) in [6.45, 7) is 5.18. The maximum absolute atomic E-state index is 5.96. The van der Waals surface area contributed by atoms with Crippen molar-refractivity contribution in [3.8, 4) is 5.88 Å². The number of benzene rings is 1. The lowest BCUT2D eigenvalue weighted by molar-refractivity contribution is 0.395. The number of hydrogen-bond donors (Lipinski definition) is 1. The second-order valence-corrected chi connectivity index (χ2v) is 5.80. The molecule has 112 valence electrons. The molecule has 0 radical (unpaired) electrons. The molecule has 3 nitrogen and oxygen atoms in total. The van der Waals surface area contributed by atoms with Crippen LogP contribution >= 0.6 is 11.6 Å². The molecule has 0 aliphatic carbocycles. The lowest BCUT2D eigenvalue weighted by Crippen LogP contribution is -2.25. The molecule has 2 aromatic rings. The minimum Gasteiger partial charge on any atom is -0.481 e. The third-order valence-corrected chi connectivity index (χ3v) is 3.68. The largest absolute Gasteiger partial charge is 0.481 e. The van der Waals surface area contributed by atoms with Gasteiger partial charge in [-0.05, 0) is 29.2 Å². The van der Waals surface area contributed by atoms with Gasteiger partial charge in [0.25, 0.3) is 0 Å². The predicted molar refractivity (Wildman–Crippen MR) is 86.7 cm³/mol. The van der Waals surface area contributed by atoms with E-state index < -0.39 is 0 Å². The molecule has 4 heteroatoms. The molecular formula is C17H21ClN2O. The molecule has 0 aliphatic rings. The van der Waals surface area contributed by atoms with E-state index in [9.17, 15) is 0 Å². The van der Waals surface area contributed by atoms with Crippen LogP contribution in [0.4, 0.5) is 0 Å². The van der Waals surface area contributed by atoms with Crippen molar-refractivity contribution in [2.75, 3.05) is 7.11 Å². The van der Waals surface area contributed by atoms with Crippen LogP contribution in [0.15, 0.2) is 42.6 Å². The van der Waals surface area contributed by atoms with E-state index in [1.54, 1.807) is 7.11 Å². The fourth-order valence-corrected chi connectivity index (χ4v) is 2.40. The van der Waals surface area contributed by atoms with Crippen LogP contribution in [0.1, 0.15) is 31.0 Å². The molecule has 0 saturated heterocycles. The second kappa shape index (κ2) is 7.43. The number of ether oxygens (including phenoxy) is 1. The van der Waals surface area contributed by atoms with Gasteiger partial charge in [-0.3, -0.25) is 0 Å². The Morgan fingerprint density at radius 1 is 1.14 bits per heavy atom. The third kappa shape index (κ3) is 4.45. The minimum absolute atomic E-state index is 0.282. The molecule has 1 atom stereocenters. The van der Waals surface area contributed by atoms with Gasteiger partial charge in [-0.15, -0.1) is 0 Å². The Bertz CT molecular complexity index is 552. The Balaban J connectivity index is 2.04. The van der Waals surface area contributed by atoms with Crippen LogP contribution in [0, 0.1) is 5.92 Å². The smallest absolute Gasteiger partial charge is 0.212 e. The second-order valence-electron chi connectivity index (χ2n) is 5.36. The van der Waals surface area contributed by atoms with E-state index in [1.807, 2.05) is 30.5 Å². The number of halogens is 1. The van der Waals surface area contributed by atoms with Crippen LogP contribution in [-0.2, 0) is 6.54 Å². The third-order valence-electron chi connectivity index (χ3n) is 3.43. The number of nitrogens with one attached hydrogen (secondary N) is 1. The van der Waals surface area contributed by atoms with E-state index in [1.165, 1.54) is 5.56 Å². The molecule has 0 bridgehead atoms. The van der Waals surface area contributed by atoms with Gasteiger partial charge in [0.15, 0.2) is 0 Å². The van der Waals surface area contributed by atoms with Gasteiger partial charge in [-0.2, -0.15) is 0 Å². The zero-order valence-corrected chi connectivity index (χ0v) is 13.4. The minimum atomic E-state index is 0.282. The van der Waals surface area contributed by atoms with Gasteiger partial charge >= 0.3 is 0 Å². The normalized spacial score (nSPS) is 12.4. The quantitative estimate of drug-likeness (QED) is 0.867. The predicted octanol–water partition coefficient (Wildman–Crippen LogP) is 4.23. The number of pyridine rings is 1. The lowest BCUT2D eigenvalue weighted by Gasteiger charge is -2.23. The fraction of sp³-hybridized carbons (Fsp3) is 0.353. The molecule has 1 unspecified atom stereocenters. The number of rotatable bonds is 6. The van der Waals surface area contributed by atoms with E-state index in [4.69, 9.17) is 16.3 Å². The van der Waals surface area contributed by atoms with Crippen molar-refractivity contribution in [2.45, 2.75) is 26.4 Å². The van der Waals surface area contributed by atoms with Crippen molar-refractivity contribution >= 4 is 11.6 Å². The number of methoxy groups -OCH3 is 1. The Labute approximate surface area is 131 Å². The van der Waals surface area contributed by atoms with Gasteiger partial charge in [0.05, 0.1) is 7.11 Å². The van der Waals surface area contributed by atoms with Crippen molar-refractivity contribution in [2.24, 2.45) is 5.92 Å². The highest BCUT2D eigenvalue weighted by Crippen LogP contribution is 2.23. The molecule has 1 aromatic carbocycles. The molecule has 1 heterocycles. The zero-order valence-electron chi connectivity index (χ0n) is 12.6. The fourth-order valence-electron chi connectivity index (χ4n) is 2.27. The maximum Gasteiger partial charge on any atom is 0.212 e. The van der Waals surface area contributed by atoms with Crippen LogP contribution in [0.2, 0.25) is 5.02 Å². The first-order chi connectivity index (χ1) is 10.1. The summed E-state index contributed by atoms with van der Waals surface area (Å²) in [6.07, 6.45) is 1.84. The van der Waals surface area contributed by atoms with E-state index in [-0.39, 0.29) is 6.04 Å². The van der Waals surface area contributed by atoms with E-state index in [0.29, 0.717) is 11.8 Å². The van der Waals surface area contributed by atoms with Crippen molar-refractivity contribution in [3.63, 3.8) is 0 Å². The summed E-state index contributed by atoms with van der Waals surface area (Å²) in [7, 11) is 1.62. The molecule has 0 fully saturated rings. The van der Waals surface area contributed by atoms with E-state index in [0.717, 1.165) is 17.1 Å². The molecule has 2 rings (SSSR count). The van der Waals surface area contributed by atoms with Gasteiger partial charge in [-0.25, -0.2) is 4.98 Å². The van der Waals surface area contributed by atoms with E-state index in [2.05, 4.69) is 36.3 Å². The Morgan fingerprint density at radius 3 is 2.38 bits per heavy atom. The van der Waals surface area contributed by atoms with Gasteiger partial charge < -0.3 is 10.1 Å². The number of hydrogen-bond acceptors (Lipinski definition) is 3. The SMILES string of the molecule is COc1ccc(CNC(c2ccc(Cl)cc2)C(C)C)cn1. The molecule has 1 aromatic heterocycles. The van der Waals surface area contributed by atoms with Crippen molar-refractivity contribution in [1.82, 2.24) is 10.3 Å². The summed E-state index contributed by atoms with van der Waals surface area (Å²) >= 11 is 5.96. The Hall–Kier alpha value is -1.58. The lowest BCUT2D eigenvalue weighted by atomic mass is 9.96. The van der Waals surface area contributed by atoms with Crippen molar-refractivity contribution < 1.29 is 4.74 Å². The summed E-state index contributed by atoms with van der Waals surface area (Å²) < 4.78 is 5.07. The van der Waals surface area contributed by atoms with Gasteiger partial charge in [0.2, 0.25) is 5.88 Å². The van der Waals surface area contributed by atoms with Crippen LogP contribution in [0.25, 0.3) is 0 Å². The highest BCUT2D eigenvalue weighted by Gasteiger charge is 2.15. The Morgan fingerprint density at radius 2 is 1.86 bits per heavy atom. The summed E-state index contributed by atoms with van der Waals surface area (Å²) in [5.41, 5.74) is 2.38. The highest BCUT2D eigenvalue weighted by molar-refractivity contribution is 6.30. The highest BCUT2D eigenvalue weighted by atomic mass is 35.5. The first-order valence-corrected chi connectivity index (χ1v) is 7.45. The molecule has 0 saturated carbocycles. The summed E-state index contributed by atoms with van der Waals surface area (Å²) in [5, 5.41) is 4.35. The molecule has 0 aliphatic heterocycles. The van der Waals surface area contributed by atoms with Gasteiger partial charge in [-0.1, -0.05) is 43.6 Å². The monoisotopic (exact) mass is 304 g/mol. The average Bonchev–Trinajstić information content (AvgIpc) is 2.49. The van der Waals surface area contributed by atoms with Crippen LogP contribution < -0.4 is 10.1 Å². The van der Waals surface area contributed by atoms with Crippen molar-refractivity contribution in [3.05, 3.63) is 58.7 Å². The first-order valence-electron chi connectivity index (χ1n) is 7.08. The molecular weight excluding hydrogens is 284 g/mol. The average molecular weight is 305 g/mol. The standard InChI is InChI=1S/C17H21ClN2O/c1-12(2)17(14-5-7-15(18)8-6-14)20-11-13-4-9-16(21-3)19-10-13/h4-10,12,17,20H,11H2,1-3H3. The number of aromatic nitrogens is 1. The summed E-state index contributed by atoms with van der Waals surface area (Å²) in [4.78, 5) is 4.22. The van der Waals surface area contributed by atoms with Crippen LogP contribution in [0.5, 0.6) is 5.88 Å².